The number of hydrogen-bond acceptors (Lipinski definition) is 2. The quantitative estimate of drug-likeness (QED) is 0.833. The molecule has 1 nitrogen and oxygen atoms in total. The van der Waals surface area contributed by atoms with Crippen LogP contribution in [0.5, 0.6) is 0 Å². The van der Waals surface area contributed by atoms with Crippen LogP contribution in [0.2, 0.25) is 0 Å². The van der Waals surface area contributed by atoms with Crippen LogP contribution in [0, 0.1) is 11.8 Å². The first kappa shape index (κ1) is 13.1. The Morgan fingerprint density at radius 3 is 2.82 bits per heavy atom. The number of aliphatic hydroxyl groups excluding tert-OH is 1. The summed E-state index contributed by atoms with van der Waals surface area (Å²) in [5, 5.41) is 12.8. The zero-order chi connectivity index (χ0) is 12.3. The minimum Gasteiger partial charge on any atom is -0.387 e. The Bertz CT molecular complexity index is 344. The van der Waals surface area contributed by atoms with Crippen LogP contribution in [-0.4, -0.2) is 5.11 Å². The zero-order valence-electron chi connectivity index (χ0n) is 11.0. The molecule has 2 rings (SSSR count). The van der Waals surface area contributed by atoms with Crippen LogP contribution >= 0.6 is 11.3 Å². The molecule has 96 valence electrons. The van der Waals surface area contributed by atoms with E-state index in [0.29, 0.717) is 5.92 Å². The van der Waals surface area contributed by atoms with Crippen LogP contribution in [0.25, 0.3) is 0 Å². The molecule has 0 aliphatic heterocycles. The third-order valence-corrected chi connectivity index (χ3v) is 5.36. The van der Waals surface area contributed by atoms with Gasteiger partial charge in [0.25, 0.3) is 0 Å². The van der Waals surface area contributed by atoms with E-state index in [1.807, 2.05) is 0 Å². The first-order chi connectivity index (χ1) is 8.27. The molecule has 1 aromatic heterocycles. The van der Waals surface area contributed by atoms with E-state index in [1.165, 1.54) is 42.5 Å². The molecule has 3 unspecified atom stereocenters. The molecule has 1 N–H and O–H groups in total. The summed E-state index contributed by atoms with van der Waals surface area (Å²) in [5.74, 6) is 1.23. The highest BCUT2D eigenvalue weighted by atomic mass is 32.1. The van der Waals surface area contributed by atoms with Crippen molar-refractivity contribution in [2.75, 3.05) is 0 Å². The normalized spacial score (nSPS) is 27.0. The summed E-state index contributed by atoms with van der Waals surface area (Å²) in [7, 11) is 0. The lowest BCUT2D eigenvalue weighted by Crippen LogP contribution is -2.25. The van der Waals surface area contributed by atoms with Crippen LogP contribution in [-0.2, 0) is 6.42 Å². The molecule has 17 heavy (non-hydrogen) atoms. The topological polar surface area (TPSA) is 20.2 Å². The largest absolute Gasteiger partial charge is 0.387 e. The SMILES string of the molecule is CCc1ccsc1C(O)C1CCCCC1CC. The summed E-state index contributed by atoms with van der Waals surface area (Å²) in [6, 6.07) is 2.17. The fourth-order valence-electron chi connectivity index (χ4n) is 3.25. The smallest absolute Gasteiger partial charge is 0.0915 e. The van der Waals surface area contributed by atoms with Crippen molar-refractivity contribution in [1.82, 2.24) is 0 Å². The third kappa shape index (κ3) is 2.74. The van der Waals surface area contributed by atoms with Crippen LogP contribution in [0.15, 0.2) is 11.4 Å². The van der Waals surface area contributed by atoms with Crippen molar-refractivity contribution in [1.29, 1.82) is 0 Å². The maximum Gasteiger partial charge on any atom is 0.0915 e. The van der Waals surface area contributed by atoms with Gasteiger partial charge in [0.2, 0.25) is 0 Å². The van der Waals surface area contributed by atoms with Crippen LogP contribution in [0.3, 0.4) is 0 Å². The molecule has 3 atom stereocenters. The minimum absolute atomic E-state index is 0.213. The predicted octanol–water partition coefficient (Wildman–Crippen LogP) is 4.56. The molecule has 0 amide bonds. The lowest BCUT2D eigenvalue weighted by molar-refractivity contribution is 0.0472. The summed E-state index contributed by atoms with van der Waals surface area (Å²) in [4.78, 5) is 1.23. The summed E-state index contributed by atoms with van der Waals surface area (Å²) in [6.45, 7) is 4.45. The Hall–Kier alpha value is -0.340. The number of aliphatic hydroxyl groups is 1. The van der Waals surface area contributed by atoms with Gasteiger partial charge >= 0.3 is 0 Å². The van der Waals surface area contributed by atoms with Crippen molar-refractivity contribution in [3.63, 3.8) is 0 Å². The molecule has 1 aromatic rings. The highest BCUT2D eigenvalue weighted by Crippen LogP contribution is 2.42. The van der Waals surface area contributed by atoms with Crippen molar-refractivity contribution >= 4 is 11.3 Å². The van der Waals surface area contributed by atoms with Gasteiger partial charge in [0.1, 0.15) is 0 Å². The number of rotatable bonds is 4. The highest BCUT2D eigenvalue weighted by molar-refractivity contribution is 7.10. The van der Waals surface area contributed by atoms with Crippen molar-refractivity contribution in [3.05, 3.63) is 21.9 Å². The van der Waals surface area contributed by atoms with Gasteiger partial charge in [-0.25, -0.2) is 0 Å². The lowest BCUT2D eigenvalue weighted by Gasteiger charge is -2.34. The van der Waals surface area contributed by atoms with Crippen LogP contribution in [0.4, 0.5) is 0 Å². The lowest BCUT2D eigenvalue weighted by atomic mass is 9.74. The molecule has 0 bridgehead atoms. The maximum absolute atomic E-state index is 10.7. The van der Waals surface area contributed by atoms with Crippen molar-refractivity contribution in [2.45, 2.75) is 58.5 Å². The van der Waals surface area contributed by atoms with Gasteiger partial charge in [0, 0.05) is 4.88 Å². The predicted molar refractivity (Wildman–Crippen MR) is 74.4 cm³/mol. The van der Waals surface area contributed by atoms with Gasteiger partial charge in [0.05, 0.1) is 6.10 Å². The molecule has 2 heteroatoms. The number of hydrogen-bond donors (Lipinski definition) is 1. The molecular weight excluding hydrogens is 228 g/mol. The van der Waals surface area contributed by atoms with E-state index in [9.17, 15) is 5.11 Å². The molecule has 1 fully saturated rings. The Kier molecular flexibility index (Phi) is 4.63. The first-order valence-electron chi connectivity index (χ1n) is 7.02. The number of aryl methyl sites for hydroxylation is 1. The Morgan fingerprint density at radius 2 is 2.12 bits per heavy atom. The van der Waals surface area contributed by atoms with Crippen LogP contribution < -0.4 is 0 Å². The fourth-order valence-corrected chi connectivity index (χ4v) is 4.31. The van der Waals surface area contributed by atoms with E-state index in [1.54, 1.807) is 11.3 Å². The maximum atomic E-state index is 10.7. The molecule has 0 radical (unpaired) electrons. The second-order valence-corrected chi connectivity index (χ2v) is 6.17. The fraction of sp³-hybridized carbons (Fsp3) is 0.733. The minimum atomic E-state index is -0.213. The molecule has 1 saturated carbocycles. The van der Waals surface area contributed by atoms with E-state index in [2.05, 4.69) is 25.3 Å². The zero-order valence-corrected chi connectivity index (χ0v) is 11.8. The summed E-state index contributed by atoms with van der Waals surface area (Å²) >= 11 is 1.74. The van der Waals surface area contributed by atoms with Crippen LogP contribution in [0.1, 0.15) is 62.5 Å². The monoisotopic (exact) mass is 252 g/mol. The van der Waals surface area contributed by atoms with Crippen molar-refractivity contribution in [3.8, 4) is 0 Å². The second-order valence-electron chi connectivity index (χ2n) is 5.23. The summed E-state index contributed by atoms with van der Waals surface area (Å²) in [6.07, 6.45) is 7.22. The van der Waals surface area contributed by atoms with Gasteiger partial charge in [-0.15, -0.1) is 11.3 Å². The Morgan fingerprint density at radius 1 is 1.35 bits per heavy atom. The van der Waals surface area contributed by atoms with Gasteiger partial charge in [-0.1, -0.05) is 39.5 Å². The highest BCUT2D eigenvalue weighted by Gasteiger charge is 2.31. The molecule has 0 saturated heterocycles. The molecule has 0 spiro atoms. The first-order valence-corrected chi connectivity index (χ1v) is 7.90. The summed E-state index contributed by atoms with van der Waals surface area (Å²) in [5.41, 5.74) is 1.35. The average Bonchev–Trinajstić information content (AvgIpc) is 2.86. The molecular formula is C15H24OS. The molecule has 0 aromatic carbocycles. The average molecular weight is 252 g/mol. The van der Waals surface area contributed by atoms with E-state index in [-0.39, 0.29) is 6.10 Å². The second kappa shape index (κ2) is 6.01. The van der Waals surface area contributed by atoms with E-state index < -0.39 is 0 Å². The van der Waals surface area contributed by atoms with Crippen molar-refractivity contribution < 1.29 is 5.11 Å². The van der Waals surface area contributed by atoms with Gasteiger partial charge < -0.3 is 5.11 Å². The number of thiophene rings is 1. The standard InChI is InChI=1S/C15H24OS/c1-3-11-7-5-6-8-13(11)14(16)15-12(4-2)9-10-17-15/h9-11,13-14,16H,3-8H2,1-2H3. The van der Waals surface area contributed by atoms with Gasteiger partial charge in [-0.2, -0.15) is 0 Å². The Labute approximate surface area is 109 Å². The molecule has 1 aliphatic carbocycles. The van der Waals surface area contributed by atoms with Gasteiger partial charge in [-0.3, -0.25) is 0 Å². The summed E-state index contributed by atoms with van der Waals surface area (Å²) < 4.78 is 0. The van der Waals surface area contributed by atoms with Crippen molar-refractivity contribution in [2.24, 2.45) is 11.8 Å². The van der Waals surface area contributed by atoms with Gasteiger partial charge in [-0.05, 0) is 41.7 Å². The van der Waals surface area contributed by atoms with E-state index in [0.717, 1.165) is 12.3 Å². The van der Waals surface area contributed by atoms with E-state index >= 15 is 0 Å². The third-order valence-electron chi connectivity index (χ3n) is 4.33. The van der Waals surface area contributed by atoms with Gasteiger partial charge in [0.15, 0.2) is 0 Å². The molecule has 1 aliphatic rings. The van der Waals surface area contributed by atoms with E-state index in [4.69, 9.17) is 0 Å². The molecule has 1 heterocycles. The Balaban J connectivity index is 2.15.